The van der Waals surface area contributed by atoms with Crippen LogP contribution in [0.5, 0.6) is 0 Å². The lowest BCUT2D eigenvalue weighted by Crippen LogP contribution is -2.41. The first-order valence-electron chi connectivity index (χ1n) is 4.20. The van der Waals surface area contributed by atoms with Crippen LogP contribution in [0.1, 0.15) is 16.4 Å². The molecule has 8 heteroatoms. The van der Waals surface area contributed by atoms with E-state index in [-0.39, 0.29) is 5.82 Å². The molecule has 0 atom stereocenters. The number of carbonyl (C=O) groups excluding carboxylic acids is 1. The number of H-pyrrole nitrogens is 1. The molecule has 15 heavy (non-hydrogen) atoms. The molecule has 0 spiro atoms. The monoisotopic (exact) mass is 219 g/mol. The first-order chi connectivity index (χ1) is 6.94. The number of nitrogens with zero attached hydrogens (tertiary/aromatic N) is 2. The first-order valence-corrected chi connectivity index (χ1v) is 4.20. The number of nitrogens with two attached hydrogens (primary N) is 1. The van der Waals surface area contributed by atoms with E-state index in [9.17, 15) is 13.6 Å². The molecule has 1 amide bonds. The summed E-state index contributed by atoms with van der Waals surface area (Å²) in [5.41, 5.74) is 4.80. The highest BCUT2D eigenvalue weighted by Crippen LogP contribution is 2.08. The number of amides is 1. The summed E-state index contributed by atoms with van der Waals surface area (Å²) in [6.07, 6.45) is 0. The quantitative estimate of drug-likeness (QED) is 0.632. The zero-order valence-electron chi connectivity index (χ0n) is 8.05. The number of hydrogen-bond acceptors (Lipinski definition) is 4. The maximum absolute atomic E-state index is 12.6. The van der Waals surface area contributed by atoms with Gasteiger partial charge in [0, 0.05) is 0 Å². The second-order valence-corrected chi connectivity index (χ2v) is 2.99. The van der Waals surface area contributed by atoms with Crippen LogP contribution < -0.4 is 11.1 Å². The summed E-state index contributed by atoms with van der Waals surface area (Å²) < 4.78 is 25.3. The highest BCUT2D eigenvalue weighted by Gasteiger charge is 2.27. The molecule has 1 aromatic rings. The van der Waals surface area contributed by atoms with Crippen LogP contribution in [0.2, 0.25) is 0 Å². The molecular weight excluding hydrogens is 208 g/mol. The molecule has 4 N–H and O–H groups in total. The maximum Gasteiger partial charge on any atom is 0.291 e. The van der Waals surface area contributed by atoms with Crippen molar-refractivity contribution < 1.29 is 13.6 Å². The smallest absolute Gasteiger partial charge is 0.291 e. The van der Waals surface area contributed by atoms with Crippen molar-refractivity contribution in [2.75, 3.05) is 13.1 Å². The van der Waals surface area contributed by atoms with Crippen molar-refractivity contribution in [3.8, 4) is 0 Å². The minimum atomic E-state index is -3.11. The second kappa shape index (κ2) is 4.30. The van der Waals surface area contributed by atoms with Crippen LogP contribution in [0.3, 0.4) is 0 Å². The van der Waals surface area contributed by atoms with Crippen LogP contribution in [0.15, 0.2) is 0 Å². The Morgan fingerprint density at radius 2 is 2.33 bits per heavy atom. The fourth-order valence-electron chi connectivity index (χ4n) is 0.805. The highest BCUT2D eigenvalue weighted by atomic mass is 19.3. The average molecular weight is 219 g/mol. The van der Waals surface area contributed by atoms with Gasteiger partial charge in [0.15, 0.2) is 0 Å². The summed E-state index contributed by atoms with van der Waals surface area (Å²) >= 11 is 0. The molecule has 84 valence electrons. The number of aromatic nitrogens is 3. The third-order valence-electron chi connectivity index (χ3n) is 1.61. The lowest BCUT2D eigenvalue weighted by atomic mass is 10.3. The van der Waals surface area contributed by atoms with Crippen molar-refractivity contribution in [1.29, 1.82) is 0 Å². The summed E-state index contributed by atoms with van der Waals surface area (Å²) in [6, 6.07) is 0. The largest absolute Gasteiger partial charge is 0.343 e. The van der Waals surface area contributed by atoms with E-state index in [2.05, 4.69) is 15.2 Å². The van der Waals surface area contributed by atoms with E-state index >= 15 is 0 Å². The van der Waals surface area contributed by atoms with E-state index < -0.39 is 24.9 Å². The van der Waals surface area contributed by atoms with Crippen LogP contribution in [-0.2, 0) is 0 Å². The number of rotatable bonds is 4. The molecule has 0 aliphatic rings. The summed E-state index contributed by atoms with van der Waals surface area (Å²) in [5, 5.41) is 7.93. The van der Waals surface area contributed by atoms with Crippen LogP contribution >= 0.6 is 0 Å². The number of carbonyl (C=O) groups is 1. The molecule has 0 unspecified atom stereocenters. The van der Waals surface area contributed by atoms with Gasteiger partial charge in [0.1, 0.15) is 5.82 Å². The number of hydrogen-bond donors (Lipinski definition) is 3. The maximum atomic E-state index is 12.6. The number of alkyl halides is 2. The zero-order valence-corrected chi connectivity index (χ0v) is 8.05. The number of nitrogens with one attached hydrogen (secondary N) is 2. The predicted octanol–water partition coefficient (Wildman–Crippen LogP) is -0.563. The minimum Gasteiger partial charge on any atom is -0.343 e. The average Bonchev–Trinajstić information content (AvgIpc) is 2.61. The molecule has 1 rings (SSSR count). The van der Waals surface area contributed by atoms with Crippen LogP contribution in [-0.4, -0.2) is 40.1 Å². The number of halogens is 2. The van der Waals surface area contributed by atoms with Crippen molar-refractivity contribution >= 4 is 5.91 Å². The Labute approximate surface area is 84.3 Å². The van der Waals surface area contributed by atoms with E-state index in [0.29, 0.717) is 5.82 Å². The van der Waals surface area contributed by atoms with E-state index in [1.165, 1.54) is 0 Å². The Morgan fingerprint density at radius 3 is 2.80 bits per heavy atom. The lowest BCUT2D eigenvalue weighted by molar-refractivity contribution is 0.0117. The highest BCUT2D eigenvalue weighted by molar-refractivity contribution is 5.90. The topological polar surface area (TPSA) is 96.7 Å². The summed E-state index contributed by atoms with van der Waals surface area (Å²) in [7, 11) is 0. The zero-order chi connectivity index (χ0) is 11.5. The van der Waals surface area contributed by atoms with Gasteiger partial charge in [-0.1, -0.05) is 0 Å². The van der Waals surface area contributed by atoms with E-state index in [0.717, 1.165) is 0 Å². The van der Waals surface area contributed by atoms with Gasteiger partial charge in [0.2, 0.25) is 5.82 Å². The van der Waals surface area contributed by atoms with Crippen molar-refractivity contribution in [3.63, 3.8) is 0 Å². The van der Waals surface area contributed by atoms with Crippen LogP contribution in [0.25, 0.3) is 0 Å². The van der Waals surface area contributed by atoms with Gasteiger partial charge < -0.3 is 11.1 Å². The van der Waals surface area contributed by atoms with E-state index in [1.807, 2.05) is 5.32 Å². The third kappa shape index (κ3) is 3.24. The van der Waals surface area contributed by atoms with Crippen LogP contribution in [0, 0.1) is 6.92 Å². The van der Waals surface area contributed by atoms with E-state index in [1.54, 1.807) is 6.92 Å². The molecule has 0 saturated carbocycles. The fourth-order valence-corrected chi connectivity index (χ4v) is 0.805. The van der Waals surface area contributed by atoms with Crippen molar-refractivity contribution in [2.45, 2.75) is 12.8 Å². The predicted molar refractivity (Wildman–Crippen MR) is 47.5 cm³/mol. The Morgan fingerprint density at radius 1 is 1.67 bits per heavy atom. The normalized spacial score (nSPS) is 11.5. The first kappa shape index (κ1) is 11.5. The SMILES string of the molecule is Cc1nc(C(=O)NCC(F)(F)CN)n[nH]1. The van der Waals surface area contributed by atoms with Gasteiger partial charge >= 0.3 is 0 Å². The Hall–Kier alpha value is -1.57. The number of aryl methyl sites for hydroxylation is 1. The minimum absolute atomic E-state index is 0.166. The van der Waals surface area contributed by atoms with Gasteiger partial charge in [-0.15, -0.1) is 5.10 Å². The molecular formula is C7H11F2N5O. The molecule has 0 aliphatic carbocycles. The molecule has 0 bridgehead atoms. The molecule has 0 radical (unpaired) electrons. The molecule has 0 aliphatic heterocycles. The van der Waals surface area contributed by atoms with Crippen molar-refractivity contribution in [2.24, 2.45) is 5.73 Å². The van der Waals surface area contributed by atoms with Gasteiger partial charge in [0.05, 0.1) is 13.1 Å². The third-order valence-corrected chi connectivity index (χ3v) is 1.61. The molecule has 1 heterocycles. The molecule has 0 aromatic carbocycles. The lowest BCUT2D eigenvalue weighted by Gasteiger charge is -2.13. The molecule has 0 saturated heterocycles. The van der Waals surface area contributed by atoms with Crippen LogP contribution in [0.4, 0.5) is 8.78 Å². The second-order valence-electron chi connectivity index (χ2n) is 2.99. The van der Waals surface area contributed by atoms with Gasteiger partial charge in [-0.25, -0.2) is 13.8 Å². The molecule has 0 fully saturated rings. The number of aromatic amines is 1. The Kier molecular flexibility index (Phi) is 3.30. The fraction of sp³-hybridized carbons (Fsp3) is 0.571. The van der Waals surface area contributed by atoms with Gasteiger partial charge in [0.25, 0.3) is 11.8 Å². The van der Waals surface area contributed by atoms with Gasteiger partial charge in [-0.3, -0.25) is 9.89 Å². The summed E-state index contributed by atoms with van der Waals surface area (Å²) in [6.45, 7) is -0.0471. The summed E-state index contributed by atoms with van der Waals surface area (Å²) in [5.74, 6) is -3.60. The molecule has 1 aromatic heterocycles. The summed E-state index contributed by atoms with van der Waals surface area (Å²) in [4.78, 5) is 14.9. The Bertz CT molecular complexity index is 351. The van der Waals surface area contributed by atoms with Gasteiger partial charge in [-0.05, 0) is 6.92 Å². The van der Waals surface area contributed by atoms with E-state index in [4.69, 9.17) is 5.73 Å². The standard InChI is InChI=1S/C7H11F2N5O/c1-4-12-5(14-13-4)6(15)11-3-7(8,9)2-10/h2-3,10H2,1H3,(H,11,15)(H,12,13,14). The van der Waals surface area contributed by atoms with Gasteiger partial charge in [-0.2, -0.15) is 0 Å². The Balaban J connectivity index is 2.50. The van der Waals surface area contributed by atoms with Crippen molar-refractivity contribution in [3.05, 3.63) is 11.6 Å². The van der Waals surface area contributed by atoms with Crippen molar-refractivity contribution in [1.82, 2.24) is 20.5 Å². The molecule has 6 nitrogen and oxygen atoms in total.